The SMILES string of the molecule is N#CNc1nc2ccccc2n1C1C=Cc2ccccc2O1. The Labute approximate surface area is 127 Å². The van der Waals surface area contributed by atoms with Gasteiger partial charge in [-0.05, 0) is 30.4 Å². The molecule has 5 heteroatoms. The number of anilines is 1. The summed E-state index contributed by atoms with van der Waals surface area (Å²) in [5.74, 6) is 1.29. The Morgan fingerprint density at radius 3 is 2.86 bits per heavy atom. The molecular formula is C17H12N4O. The molecule has 22 heavy (non-hydrogen) atoms. The van der Waals surface area contributed by atoms with Crippen molar-refractivity contribution in [2.24, 2.45) is 0 Å². The molecule has 3 aromatic rings. The lowest BCUT2D eigenvalue weighted by Gasteiger charge is -2.24. The predicted molar refractivity (Wildman–Crippen MR) is 84.1 cm³/mol. The van der Waals surface area contributed by atoms with Crippen LogP contribution in [0.2, 0.25) is 0 Å². The lowest BCUT2D eigenvalue weighted by Crippen LogP contribution is -2.18. The van der Waals surface area contributed by atoms with Crippen molar-refractivity contribution in [3.8, 4) is 11.9 Å². The average Bonchev–Trinajstić information content (AvgIpc) is 2.93. The van der Waals surface area contributed by atoms with E-state index in [-0.39, 0.29) is 6.23 Å². The van der Waals surface area contributed by atoms with E-state index in [2.05, 4.69) is 10.3 Å². The van der Waals surface area contributed by atoms with Gasteiger partial charge in [0.2, 0.25) is 5.95 Å². The maximum Gasteiger partial charge on any atom is 0.220 e. The summed E-state index contributed by atoms with van der Waals surface area (Å²) in [4.78, 5) is 4.45. The van der Waals surface area contributed by atoms with Crippen LogP contribution in [0.25, 0.3) is 17.1 Å². The maximum atomic E-state index is 8.95. The molecule has 0 bridgehead atoms. The van der Waals surface area contributed by atoms with E-state index < -0.39 is 0 Å². The highest BCUT2D eigenvalue weighted by Gasteiger charge is 2.21. The summed E-state index contributed by atoms with van der Waals surface area (Å²) in [5.41, 5.74) is 2.77. The molecule has 1 aliphatic rings. The molecule has 2 aromatic carbocycles. The maximum absolute atomic E-state index is 8.95. The molecule has 0 amide bonds. The molecule has 0 saturated heterocycles. The summed E-state index contributed by atoms with van der Waals surface area (Å²) < 4.78 is 7.94. The number of benzene rings is 2. The molecular weight excluding hydrogens is 276 g/mol. The molecule has 0 fully saturated rings. The Morgan fingerprint density at radius 1 is 1.14 bits per heavy atom. The Hall–Kier alpha value is -3.26. The molecule has 106 valence electrons. The van der Waals surface area contributed by atoms with E-state index in [0.717, 1.165) is 22.3 Å². The molecule has 0 spiro atoms. The zero-order chi connectivity index (χ0) is 14.9. The van der Waals surface area contributed by atoms with E-state index in [1.54, 1.807) is 0 Å². The van der Waals surface area contributed by atoms with Gasteiger partial charge in [0.15, 0.2) is 12.4 Å². The van der Waals surface area contributed by atoms with Gasteiger partial charge in [0, 0.05) is 5.56 Å². The summed E-state index contributed by atoms with van der Waals surface area (Å²) in [7, 11) is 0. The molecule has 1 atom stereocenters. The summed E-state index contributed by atoms with van der Waals surface area (Å²) in [6, 6.07) is 15.6. The minimum absolute atomic E-state index is 0.349. The highest BCUT2D eigenvalue weighted by Crippen LogP contribution is 2.33. The highest BCUT2D eigenvalue weighted by atomic mass is 16.5. The second-order valence-corrected chi connectivity index (χ2v) is 4.94. The first-order valence-electron chi connectivity index (χ1n) is 6.93. The van der Waals surface area contributed by atoms with Crippen LogP contribution in [0.15, 0.2) is 54.6 Å². The van der Waals surface area contributed by atoms with E-state index in [1.165, 1.54) is 0 Å². The minimum atomic E-state index is -0.349. The molecule has 1 N–H and O–H groups in total. The third-order valence-corrected chi connectivity index (χ3v) is 3.63. The van der Waals surface area contributed by atoms with Crippen molar-refractivity contribution < 1.29 is 4.74 Å². The van der Waals surface area contributed by atoms with Crippen molar-refractivity contribution in [3.63, 3.8) is 0 Å². The van der Waals surface area contributed by atoms with Gasteiger partial charge in [-0.2, -0.15) is 5.26 Å². The Morgan fingerprint density at radius 2 is 1.95 bits per heavy atom. The minimum Gasteiger partial charge on any atom is -0.466 e. The largest absolute Gasteiger partial charge is 0.466 e. The second-order valence-electron chi connectivity index (χ2n) is 4.94. The van der Waals surface area contributed by atoms with Gasteiger partial charge < -0.3 is 4.74 Å². The van der Waals surface area contributed by atoms with Crippen molar-refractivity contribution in [1.29, 1.82) is 5.26 Å². The zero-order valence-electron chi connectivity index (χ0n) is 11.6. The van der Waals surface area contributed by atoms with Gasteiger partial charge in [-0.15, -0.1) is 0 Å². The van der Waals surface area contributed by atoms with Crippen molar-refractivity contribution in [2.45, 2.75) is 6.23 Å². The van der Waals surface area contributed by atoms with Crippen molar-refractivity contribution in [2.75, 3.05) is 5.32 Å². The number of ether oxygens (including phenoxy) is 1. The summed E-state index contributed by atoms with van der Waals surface area (Å²) >= 11 is 0. The number of rotatable bonds is 2. The zero-order valence-corrected chi connectivity index (χ0v) is 11.6. The van der Waals surface area contributed by atoms with Crippen LogP contribution in [-0.4, -0.2) is 9.55 Å². The van der Waals surface area contributed by atoms with Crippen molar-refractivity contribution in [1.82, 2.24) is 9.55 Å². The van der Waals surface area contributed by atoms with Crippen molar-refractivity contribution >= 4 is 23.1 Å². The van der Waals surface area contributed by atoms with Crippen LogP contribution in [0.3, 0.4) is 0 Å². The quantitative estimate of drug-likeness (QED) is 0.578. The fourth-order valence-electron chi connectivity index (χ4n) is 2.66. The summed E-state index contributed by atoms with van der Waals surface area (Å²) in [6.45, 7) is 0. The van der Waals surface area contributed by atoms with Crippen LogP contribution in [0.5, 0.6) is 5.75 Å². The second kappa shape index (κ2) is 4.93. The summed E-state index contributed by atoms with van der Waals surface area (Å²) in [5, 5.41) is 11.6. The molecule has 1 unspecified atom stereocenters. The average molecular weight is 288 g/mol. The van der Waals surface area contributed by atoms with E-state index in [4.69, 9.17) is 10.00 Å². The molecule has 4 rings (SSSR count). The van der Waals surface area contributed by atoms with Crippen LogP contribution in [0, 0.1) is 11.5 Å². The van der Waals surface area contributed by atoms with Gasteiger partial charge >= 0.3 is 0 Å². The van der Waals surface area contributed by atoms with Crippen LogP contribution in [0.4, 0.5) is 5.95 Å². The Kier molecular flexibility index (Phi) is 2.80. The van der Waals surface area contributed by atoms with E-state index in [1.807, 2.05) is 71.4 Å². The fourth-order valence-corrected chi connectivity index (χ4v) is 2.66. The smallest absolute Gasteiger partial charge is 0.220 e. The number of para-hydroxylation sites is 3. The number of fused-ring (bicyclic) bond motifs is 2. The van der Waals surface area contributed by atoms with Gasteiger partial charge in [0.05, 0.1) is 11.0 Å². The van der Waals surface area contributed by atoms with Gasteiger partial charge in [-0.25, -0.2) is 4.98 Å². The first-order chi connectivity index (χ1) is 10.9. The Balaban J connectivity index is 1.85. The normalized spacial score (nSPS) is 15.9. The Bertz CT molecular complexity index is 920. The third kappa shape index (κ3) is 1.90. The monoisotopic (exact) mass is 288 g/mol. The number of aromatic nitrogens is 2. The molecule has 0 aliphatic carbocycles. The number of nitrogens with zero attached hydrogens (tertiary/aromatic N) is 3. The number of nitrogens with one attached hydrogen (secondary N) is 1. The highest BCUT2D eigenvalue weighted by molar-refractivity contribution is 5.79. The lowest BCUT2D eigenvalue weighted by atomic mass is 10.1. The van der Waals surface area contributed by atoms with E-state index >= 15 is 0 Å². The number of hydrogen-bond donors (Lipinski definition) is 1. The predicted octanol–water partition coefficient (Wildman–Crippen LogP) is 3.53. The number of nitriles is 1. The number of hydrogen-bond acceptors (Lipinski definition) is 4. The molecule has 2 heterocycles. The van der Waals surface area contributed by atoms with E-state index in [0.29, 0.717) is 5.95 Å². The topological polar surface area (TPSA) is 62.9 Å². The lowest BCUT2D eigenvalue weighted by molar-refractivity contribution is 0.185. The first kappa shape index (κ1) is 12.5. The van der Waals surface area contributed by atoms with Gasteiger partial charge in [0.25, 0.3) is 0 Å². The first-order valence-corrected chi connectivity index (χ1v) is 6.93. The van der Waals surface area contributed by atoms with Crippen LogP contribution >= 0.6 is 0 Å². The molecule has 0 saturated carbocycles. The molecule has 0 radical (unpaired) electrons. The summed E-state index contributed by atoms with van der Waals surface area (Å²) in [6.07, 6.45) is 5.56. The molecule has 5 nitrogen and oxygen atoms in total. The van der Waals surface area contributed by atoms with E-state index in [9.17, 15) is 0 Å². The van der Waals surface area contributed by atoms with Crippen LogP contribution in [-0.2, 0) is 0 Å². The van der Waals surface area contributed by atoms with Gasteiger partial charge in [0.1, 0.15) is 5.75 Å². The molecule has 1 aromatic heterocycles. The number of imidazole rings is 1. The van der Waals surface area contributed by atoms with Crippen LogP contribution in [0.1, 0.15) is 11.8 Å². The van der Waals surface area contributed by atoms with Crippen LogP contribution < -0.4 is 10.1 Å². The standard InChI is InChI=1S/C17H12N4O/c18-11-19-17-20-13-6-2-3-7-14(13)21(17)16-10-9-12-5-1-4-8-15(12)22-16/h1-10,16H,(H,19,20). The van der Waals surface area contributed by atoms with Crippen molar-refractivity contribution in [3.05, 3.63) is 60.2 Å². The van der Waals surface area contributed by atoms with Gasteiger partial charge in [-0.1, -0.05) is 30.3 Å². The molecule has 1 aliphatic heterocycles. The third-order valence-electron chi connectivity index (χ3n) is 3.63. The fraction of sp³-hybridized carbons (Fsp3) is 0.0588. The van der Waals surface area contributed by atoms with Gasteiger partial charge in [-0.3, -0.25) is 9.88 Å².